The maximum Gasteiger partial charge on any atom is 0.0780 e. The Labute approximate surface area is 57.3 Å². The number of nitrogens with zero attached hydrogens (tertiary/aromatic N) is 1. The van der Waals surface area contributed by atoms with Crippen molar-refractivity contribution in [2.45, 2.75) is 0 Å². The molecule has 0 aromatic heterocycles. The van der Waals surface area contributed by atoms with Crippen LogP contribution in [0.1, 0.15) is 0 Å². The van der Waals surface area contributed by atoms with Gasteiger partial charge in [-0.15, -0.1) is 0 Å². The molecule has 0 saturated carbocycles. The van der Waals surface area contributed by atoms with Gasteiger partial charge in [0.25, 0.3) is 0 Å². The molecule has 0 aliphatic carbocycles. The highest BCUT2D eigenvalue weighted by Crippen LogP contribution is 1.71. The summed E-state index contributed by atoms with van der Waals surface area (Å²) in [7, 11) is 1.93. The summed E-state index contributed by atoms with van der Waals surface area (Å²) < 4.78 is 1.10. The van der Waals surface area contributed by atoms with E-state index in [2.05, 4.69) is 28.1 Å². The summed E-state index contributed by atoms with van der Waals surface area (Å²) >= 11 is 2.29. The van der Waals surface area contributed by atoms with Gasteiger partial charge in [-0.1, -0.05) is 22.6 Å². The fourth-order valence-corrected chi connectivity index (χ4v) is 0.982. The standard InChI is InChI=1S/C3H10IN3/c1-7(6-5)3-2-4/h7H,2-3,5H2,1H3. The van der Waals surface area contributed by atoms with Gasteiger partial charge < -0.3 is 16.4 Å². The zero-order chi connectivity index (χ0) is 5.70. The van der Waals surface area contributed by atoms with Crippen molar-refractivity contribution in [3.63, 3.8) is 0 Å². The van der Waals surface area contributed by atoms with Crippen LogP contribution in [0.25, 0.3) is 5.53 Å². The Hall–Kier alpha value is 0.610. The normalized spacial score (nSPS) is 14.1. The maximum atomic E-state index is 4.94. The minimum Gasteiger partial charge on any atom is -0.394 e. The molecule has 0 saturated heterocycles. The van der Waals surface area contributed by atoms with Crippen LogP contribution in [0.2, 0.25) is 0 Å². The minimum atomic E-state index is 1.01. The lowest BCUT2D eigenvalue weighted by Gasteiger charge is -2.21. The number of quaternary nitrogens is 1. The van der Waals surface area contributed by atoms with E-state index >= 15 is 0 Å². The first kappa shape index (κ1) is 7.61. The van der Waals surface area contributed by atoms with Gasteiger partial charge in [0, 0.05) is 4.43 Å². The second kappa shape index (κ2) is 4.76. The summed E-state index contributed by atoms with van der Waals surface area (Å²) in [6.07, 6.45) is 0. The van der Waals surface area contributed by atoms with Crippen LogP contribution in [0.15, 0.2) is 0 Å². The van der Waals surface area contributed by atoms with Crippen LogP contribution in [0.4, 0.5) is 0 Å². The Bertz CT molecular complexity index is 41.2. The van der Waals surface area contributed by atoms with Gasteiger partial charge in [0.15, 0.2) is 0 Å². The quantitative estimate of drug-likeness (QED) is 0.272. The van der Waals surface area contributed by atoms with Crippen LogP contribution in [0, 0.1) is 0 Å². The Kier molecular flexibility index (Phi) is 5.18. The van der Waals surface area contributed by atoms with E-state index in [0.717, 1.165) is 16.0 Å². The first-order valence-electron chi connectivity index (χ1n) is 2.10. The Morgan fingerprint density at radius 2 is 2.43 bits per heavy atom. The van der Waals surface area contributed by atoms with E-state index in [1.807, 2.05) is 7.05 Å². The van der Waals surface area contributed by atoms with E-state index in [-0.39, 0.29) is 0 Å². The van der Waals surface area contributed by atoms with Crippen molar-refractivity contribution in [1.82, 2.24) is 0 Å². The van der Waals surface area contributed by atoms with Gasteiger partial charge in [0.2, 0.25) is 0 Å². The summed E-state index contributed by atoms with van der Waals surface area (Å²) in [5, 5.41) is 1.02. The summed E-state index contributed by atoms with van der Waals surface area (Å²) in [5.74, 6) is 4.94. The molecule has 4 heteroatoms. The smallest absolute Gasteiger partial charge is 0.0780 e. The van der Waals surface area contributed by atoms with Gasteiger partial charge in [0.05, 0.1) is 13.6 Å². The second-order valence-corrected chi connectivity index (χ2v) is 2.38. The van der Waals surface area contributed by atoms with E-state index in [0.29, 0.717) is 0 Å². The van der Waals surface area contributed by atoms with Crippen molar-refractivity contribution in [2.75, 3.05) is 18.0 Å². The fourth-order valence-electron chi connectivity index (χ4n) is 0.201. The molecule has 0 aromatic rings. The molecule has 1 atom stereocenters. The average Bonchev–Trinajstić information content (AvgIpc) is 1.68. The Morgan fingerprint density at radius 1 is 1.86 bits per heavy atom. The van der Waals surface area contributed by atoms with Crippen molar-refractivity contribution in [2.24, 2.45) is 5.84 Å². The first-order chi connectivity index (χ1) is 3.31. The minimum absolute atomic E-state index is 1.01. The molecule has 0 bridgehead atoms. The molecule has 0 aliphatic rings. The van der Waals surface area contributed by atoms with Crippen molar-refractivity contribution < 1.29 is 5.01 Å². The molecule has 0 aromatic carbocycles. The van der Waals surface area contributed by atoms with E-state index in [1.54, 1.807) is 0 Å². The van der Waals surface area contributed by atoms with Gasteiger partial charge >= 0.3 is 0 Å². The van der Waals surface area contributed by atoms with Crippen molar-refractivity contribution in [3.8, 4) is 0 Å². The molecule has 0 heterocycles. The molecule has 3 N–H and O–H groups in total. The SMILES string of the molecule is C[NH+](CCI)[N-]N. The van der Waals surface area contributed by atoms with Crippen LogP contribution in [-0.2, 0) is 0 Å². The maximum absolute atomic E-state index is 4.94. The van der Waals surface area contributed by atoms with Crippen LogP contribution in [-0.4, -0.2) is 18.0 Å². The molecule has 0 rings (SSSR count). The van der Waals surface area contributed by atoms with Crippen molar-refractivity contribution in [3.05, 3.63) is 5.53 Å². The lowest BCUT2D eigenvalue weighted by atomic mass is 10.7. The zero-order valence-electron chi connectivity index (χ0n) is 4.32. The third-order valence-corrected chi connectivity index (χ3v) is 1.22. The predicted octanol–water partition coefficient (Wildman–Crippen LogP) is -0.901. The van der Waals surface area contributed by atoms with E-state index in [9.17, 15) is 0 Å². The van der Waals surface area contributed by atoms with Crippen LogP contribution in [0.3, 0.4) is 0 Å². The molecule has 0 amide bonds. The number of alkyl halides is 1. The average molecular weight is 215 g/mol. The summed E-state index contributed by atoms with van der Waals surface area (Å²) in [4.78, 5) is 0. The highest BCUT2D eigenvalue weighted by atomic mass is 127. The molecule has 44 valence electrons. The summed E-state index contributed by atoms with van der Waals surface area (Å²) in [6.45, 7) is 1.01. The monoisotopic (exact) mass is 215 g/mol. The molecule has 0 aliphatic heterocycles. The fraction of sp³-hybridized carbons (Fsp3) is 1.00. The number of rotatable bonds is 3. The third-order valence-electron chi connectivity index (χ3n) is 0.677. The predicted molar refractivity (Wildman–Crippen MR) is 38.2 cm³/mol. The molecule has 0 radical (unpaired) electrons. The molecular weight excluding hydrogens is 205 g/mol. The number of halogens is 1. The van der Waals surface area contributed by atoms with Crippen LogP contribution < -0.4 is 10.9 Å². The van der Waals surface area contributed by atoms with Gasteiger partial charge in [-0.2, -0.15) is 0 Å². The van der Waals surface area contributed by atoms with Crippen LogP contribution in [0.5, 0.6) is 0 Å². The number of nitrogens with one attached hydrogen (secondary N) is 1. The van der Waals surface area contributed by atoms with E-state index in [1.165, 1.54) is 0 Å². The number of nitrogens with two attached hydrogens (primary N) is 1. The molecule has 1 unspecified atom stereocenters. The molecule has 0 spiro atoms. The highest BCUT2D eigenvalue weighted by Gasteiger charge is 1.82. The molecular formula is C3H10IN3. The second-order valence-electron chi connectivity index (χ2n) is 1.30. The van der Waals surface area contributed by atoms with Gasteiger partial charge in [-0.25, -0.2) is 0 Å². The number of hydrogen-bond donors (Lipinski definition) is 2. The highest BCUT2D eigenvalue weighted by molar-refractivity contribution is 14.1. The molecule has 3 nitrogen and oxygen atoms in total. The van der Waals surface area contributed by atoms with Crippen molar-refractivity contribution >= 4 is 22.6 Å². The van der Waals surface area contributed by atoms with Crippen molar-refractivity contribution in [1.29, 1.82) is 0 Å². The Morgan fingerprint density at radius 3 is 2.57 bits per heavy atom. The Balaban J connectivity index is 2.83. The lowest BCUT2D eigenvalue weighted by Crippen LogP contribution is -3.06. The topological polar surface area (TPSA) is 44.6 Å². The van der Waals surface area contributed by atoms with Gasteiger partial charge in [0.1, 0.15) is 0 Å². The third kappa shape index (κ3) is 4.46. The van der Waals surface area contributed by atoms with E-state index < -0.39 is 0 Å². The largest absolute Gasteiger partial charge is 0.394 e. The van der Waals surface area contributed by atoms with Crippen LogP contribution >= 0.6 is 22.6 Å². The van der Waals surface area contributed by atoms with Gasteiger partial charge in [-0.3, -0.25) is 0 Å². The molecule has 7 heavy (non-hydrogen) atoms. The van der Waals surface area contributed by atoms with E-state index in [4.69, 9.17) is 5.84 Å². The molecule has 0 fully saturated rings. The lowest BCUT2D eigenvalue weighted by molar-refractivity contribution is -0.838. The van der Waals surface area contributed by atoms with Gasteiger partial charge in [-0.05, 0) is 0 Å². The number of hydrogen-bond acceptors (Lipinski definition) is 1. The first-order valence-corrected chi connectivity index (χ1v) is 3.63. The summed E-state index contributed by atoms with van der Waals surface area (Å²) in [5.41, 5.74) is 3.49. The summed E-state index contributed by atoms with van der Waals surface area (Å²) in [6, 6.07) is 0. The zero-order valence-corrected chi connectivity index (χ0v) is 6.47.